The van der Waals surface area contributed by atoms with Crippen LogP contribution in [0.2, 0.25) is 0 Å². The number of alkyl halides is 1. The third kappa shape index (κ3) is 2.56. The van der Waals surface area contributed by atoms with Crippen molar-refractivity contribution in [2.45, 2.75) is 10.9 Å². The highest BCUT2D eigenvalue weighted by molar-refractivity contribution is 9.10. The summed E-state index contributed by atoms with van der Waals surface area (Å²) >= 11 is 3.31. The molecule has 0 saturated heterocycles. The fraction of sp³-hybridized carbons (Fsp3) is 0.167. The van der Waals surface area contributed by atoms with Gasteiger partial charge in [-0.2, -0.15) is 0 Å². The van der Waals surface area contributed by atoms with Crippen molar-refractivity contribution in [1.29, 1.82) is 0 Å². The van der Waals surface area contributed by atoms with E-state index in [9.17, 15) is 8.78 Å². The van der Waals surface area contributed by atoms with Crippen LogP contribution >= 0.6 is 15.9 Å². The molecular formula is C12H11BrF2N2. The summed E-state index contributed by atoms with van der Waals surface area (Å²) < 4.78 is 26.0. The maximum absolute atomic E-state index is 13.3. The molecule has 1 aromatic rings. The van der Waals surface area contributed by atoms with Gasteiger partial charge in [0, 0.05) is 0 Å². The minimum atomic E-state index is -0.752. The largest absolute Gasteiger partial charge is 0.394 e. The molecule has 1 aromatic carbocycles. The van der Waals surface area contributed by atoms with Gasteiger partial charge in [-0.25, -0.2) is 8.78 Å². The van der Waals surface area contributed by atoms with Crippen LogP contribution in [-0.4, -0.2) is 4.45 Å². The van der Waals surface area contributed by atoms with Crippen LogP contribution in [0.3, 0.4) is 0 Å². The monoisotopic (exact) mass is 300 g/mol. The number of rotatable bonds is 1. The van der Waals surface area contributed by atoms with Crippen molar-refractivity contribution in [3.8, 4) is 0 Å². The number of anilines is 1. The molecule has 0 aromatic heterocycles. The number of benzene rings is 1. The molecule has 1 aliphatic carbocycles. The van der Waals surface area contributed by atoms with Crippen LogP contribution in [0, 0.1) is 11.6 Å². The summed E-state index contributed by atoms with van der Waals surface area (Å²) in [6.07, 6.45) is 5.84. The Balaban J connectivity index is 2.38. The Hall–Kier alpha value is -1.20. The molecule has 0 radical (unpaired) electrons. The molecule has 2 rings (SSSR count). The van der Waals surface area contributed by atoms with Gasteiger partial charge in [-0.1, -0.05) is 34.2 Å². The van der Waals surface area contributed by atoms with Gasteiger partial charge >= 0.3 is 0 Å². The molecule has 0 bridgehead atoms. The van der Waals surface area contributed by atoms with E-state index >= 15 is 0 Å². The maximum Gasteiger partial charge on any atom is 0.149 e. The summed E-state index contributed by atoms with van der Waals surface area (Å²) in [5.41, 5.74) is 11.7. The second-order valence-electron chi connectivity index (χ2n) is 3.98. The summed E-state index contributed by atoms with van der Waals surface area (Å²) in [6.45, 7) is 0. The maximum atomic E-state index is 13.3. The van der Waals surface area contributed by atoms with Crippen LogP contribution in [0.25, 0.3) is 5.57 Å². The van der Waals surface area contributed by atoms with E-state index in [4.69, 9.17) is 11.5 Å². The topological polar surface area (TPSA) is 52.0 Å². The number of halogens is 3. The van der Waals surface area contributed by atoms with Gasteiger partial charge in [0.2, 0.25) is 0 Å². The Morgan fingerprint density at radius 2 is 1.82 bits per heavy atom. The van der Waals surface area contributed by atoms with E-state index in [1.54, 1.807) is 12.2 Å². The Kier molecular flexibility index (Phi) is 3.05. The highest BCUT2D eigenvalue weighted by atomic mass is 79.9. The number of hydrogen-bond acceptors (Lipinski definition) is 2. The van der Waals surface area contributed by atoms with Gasteiger partial charge < -0.3 is 11.5 Å². The van der Waals surface area contributed by atoms with E-state index in [2.05, 4.69) is 15.9 Å². The summed E-state index contributed by atoms with van der Waals surface area (Å²) in [4.78, 5) is 0. The van der Waals surface area contributed by atoms with E-state index in [0.29, 0.717) is 12.0 Å². The fourth-order valence-corrected chi connectivity index (χ4v) is 1.89. The molecule has 0 fully saturated rings. The van der Waals surface area contributed by atoms with E-state index in [1.165, 1.54) is 12.1 Å². The van der Waals surface area contributed by atoms with Crippen molar-refractivity contribution in [3.05, 3.63) is 47.6 Å². The van der Waals surface area contributed by atoms with Gasteiger partial charge in [0.15, 0.2) is 0 Å². The second kappa shape index (κ2) is 4.23. The van der Waals surface area contributed by atoms with Crippen LogP contribution < -0.4 is 11.5 Å². The smallest absolute Gasteiger partial charge is 0.149 e. The Labute approximate surface area is 106 Å². The average Bonchev–Trinajstić information content (AvgIpc) is 2.25. The number of nitrogens with two attached hydrogens (primary N) is 2. The molecule has 0 aliphatic heterocycles. The van der Waals surface area contributed by atoms with Crippen molar-refractivity contribution in [2.24, 2.45) is 5.73 Å². The van der Waals surface area contributed by atoms with Crippen molar-refractivity contribution >= 4 is 27.2 Å². The zero-order valence-corrected chi connectivity index (χ0v) is 10.5. The molecule has 2 nitrogen and oxygen atoms in total. The molecule has 1 atom stereocenters. The first-order valence-corrected chi connectivity index (χ1v) is 5.80. The predicted molar refractivity (Wildman–Crippen MR) is 68.3 cm³/mol. The zero-order chi connectivity index (χ0) is 12.6. The first-order chi connectivity index (χ1) is 7.89. The van der Waals surface area contributed by atoms with Crippen molar-refractivity contribution in [2.75, 3.05) is 5.73 Å². The van der Waals surface area contributed by atoms with E-state index in [1.807, 2.05) is 6.08 Å². The average molecular weight is 301 g/mol. The summed E-state index contributed by atoms with van der Waals surface area (Å²) in [6, 6.07) is 2.43. The van der Waals surface area contributed by atoms with Crippen LogP contribution in [-0.2, 0) is 0 Å². The molecule has 0 saturated carbocycles. The van der Waals surface area contributed by atoms with E-state index in [-0.39, 0.29) is 0 Å². The van der Waals surface area contributed by atoms with E-state index in [0.717, 1.165) is 5.57 Å². The Morgan fingerprint density at radius 1 is 1.24 bits per heavy atom. The van der Waals surface area contributed by atoms with Gasteiger partial charge in [0.05, 0.1) is 4.45 Å². The fourth-order valence-electron chi connectivity index (χ4n) is 1.60. The molecule has 1 unspecified atom stereocenters. The molecule has 0 amide bonds. The minimum absolute atomic E-state index is 0.452. The first-order valence-electron chi connectivity index (χ1n) is 5.01. The molecule has 17 heavy (non-hydrogen) atoms. The second-order valence-corrected chi connectivity index (χ2v) is 5.45. The van der Waals surface area contributed by atoms with Crippen LogP contribution in [0.1, 0.15) is 12.0 Å². The lowest BCUT2D eigenvalue weighted by Crippen LogP contribution is -2.30. The predicted octanol–water partition coefficient (Wildman–Crippen LogP) is 2.94. The van der Waals surface area contributed by atoms with Crippen LogP contribution in [0.5, 0.6) is 0 Å². The minimum Gasteiger partial charge on any atom is -0.394 e. The lowest BCUT2D eigenvalue weighted by Gasteiger charge is -2.21. The lowest BCUT2D eigenvalue weighted by atomic mass is 9.97. The SMILES string of the molecule is Nc1c(F)cc(C2=CCC(N)(Br)C=C2)cc1F. The molecule has 4 N–H and O–H groups in total. The van der Waals surface area contributed by atoms with Gasteiger partial charge in [-0.05, 0) is 29.7 Å². The quantitative estimate of drug-likeness (QED) is 0.476. The summed E-state index contributed by atoms with van der Waals surface area (Å²) in [5.74, 6) is -1.50. The first kappa shape index (κ1) is 12.3. The van der Waals surface area contributed by atoms with Crippen molar-refractivity contribution in [3.63, 3.8) is 0 Å². The number of hydrogen-bond donors (Lipinski definition) is 2. The Bertz CT molecular complexity index is 498. The van der Waals surface area contributed by atoms with Crippen LogP contribution in [0.15, 0.2) is 30.4 Å². The molecule has 0 spiro atoms. The van der Waals surface area contributed by atoms with E-state index < -0.39 is 21.8 Å². The van der Waals surface area contributed by atoms with Crippen LogP contribution in [0.4, 0.5) is 14.5 Å². The number of allylic oxidation sites excluding steroid dienone is 2. The standard InChI is InChI=1S/C12H11BrF2N2/c13-12(17)3-1-7(2-4-12)8-5-9(14)11(16)10(15)6-8/h1-3,5-6H,4,16-17H2. The van der Waals surface area contributed by atoms with Crippen molar-refractivity contribution in [1.82, 2.24) is 0 Å². The molecule has 90 valence electrons. The van der Waals surface area contributed by atoms with Crippen molar-refractivity contribution < 1.29 is 8.78 Å². The third-order valence-corrected chi connectivity index (χ3v) is 3.18. The molecule has 1 aliphatic rings. The highest BCUT2D eigenvalue weighted by Gasteiger charge is 2.20. The summed E-state index contributed by atoms with van der Waals surface area (Å²) in [7, 11) is 0. The van der Waals surface area contributed by atoms with Gasteiger partial charge in [-0.15, -0.1) is 0 Å². The Morgan fingerprint density at radius 3 is 2.29 bits per heavy atom. The van der Waals surface area contributed by atoms with Gasteiger partial charge in [0.1, 0.15) is 17.3 Å². The third-order valence-electron chi connectivity index (χ3n) is 2.59. The molecular weight excluding hydrogens is 290 g/mol. The normalized spacial score (nSPS) is 23.6. The number of nitrogen functional groups attached to an aromatic ring is 1. The van der Waals surface area contributed by atoms with Gasteiger partial charge in [-0.3, -0.25) is 0 Å². The lowest BCUT2D eigenvalue weighted by molar-refractivity contribution is 0.591. The molecule has 5 heteroatoms. The van der Waals surface area contributed by atoms with Gasteiger partial charge in [0.25, 0.3) is 0 Å². The highest BCUT2D eigenvalue weighted by Crippen LogP contribution is 2.30. The molecule has 0 heterocycles. The zero-order valence-electron chi connectivity index (χ0n) is 8.88. The summed E-state index contributed by atoms with van der Waals surface area (Å²) in [5, 5.41) is 0.